The summed E-state index contributed by atoms with van der Waals surface area (Å²) in [5.74, 6) is 0.452. The largest absolute Gasteiger partial charge is 0.507 e. The average Bonchev–Trinajstić information content (AvgIpc) is 2.81. The normalized spacial score (nSPS) is 31.6. The van der Waals surface area contributed by atoms with Crippen LogP contribution >= 0.6 is 0 Å². The molecule has 3 atom stereocenters. The number of hydrogen-bond donors (Lipinski definition) is 2. The Kier molecular flexibility index (Phi) is 3.33. The monoisotopic (exact) mass is 328 g/mol. The van der Waals surface area contributed by atoms with Gasteiger partial charge in [0.1, 0.15) is 5.75 Å². The van der Waals surface area contributed by atoms with Gasteiger partial charge in [-0.15, -0.1) is 0 Å². The molecule has 0 bridgehead atoms. The van der Waals surface area contributed by atoms with Gasteiger partial charge in [-0.3, -0.25) is 0 Å². The molecule has 0 spiro atoms. The second-order valence-corrected chi connectivity index (χ2v) is 7.88. The maximum absolute atomic E-state index is 11.9. The molecule has 128 valence electrons. The van der Waals surface area contributed by atoms with Gasteiger partial charge in [0, 0.05) is 16.6 Å². The van der Waals surface area contributed by atoms with Gasteiger partial charge in [0.25, 0.3) is 0 Å². The van der Waals surface area contributed by atoms with E-state index in [4.69, 9.17) is 4.74 Å². The highest BCUT2D eigenvalue weighted by molar-refractivity contribution is 5.92. The molecule has 1 aromatic carbocycles. The number of esters is 1. The van der Waals surface area contributed by atoms with Crippen LogP contribution in [0.15, 0.2) is 23.3 Å². The molecule has 0 amide bonds. The van der Waals surface area contributed by atoms with Crippen LogP contribution < -0.4 is 0 Å². The maximum Gasteiger partial charge on any atom is 0.336 e. The van der Waals surface area contributed by atoms with Crippen molar-refractivity contribution in [3.8, 4) is 5.75 Å². The number of benzene rings is 1. The lowest BCUT2D eigenvalue weighted by Gasteiger charge is -2.47. The second kappa shape index (κ2) is 5.09. The molecule has 4 nitrogen and oxygen atoms in total. The molecule has 4 rings (SSSR count). The molecule has 1 unspecified atom stereocenters. The first-order chi connectivity index (χ1) is 11.3. The van der Waals surface area contributed by atoms with Crippen LogP contribution in [0, 0.1) is 5.92 Å². The molecule has 3 aliphatic rings. The van der Waals surface area contributed by atoms with Crippen molar-refractivity contribution in [2.45, 2.75) is 64.1 Å². The Hall–Kier alpha value is -1.81. The summed E-state index contributed by atoms with van der Waals surface area (Å²) in [5.41, 5.74) is 4.49. The van der Waals surface area contributed by atoms with E-state index in [0.29, 0.717) is 17.7 Å². The van der Waals surface area contributed by atoms with Crippen molar-refractivity contribution in [1.29, 1.82) is 0 Å². The zero-order chi connectivity index (χ0) is 17.2. The number of aromatic hydroxyl groups is 1. The lowest BCUT2D eigenvalue weighted by Crippen LogP contribution is -2.42. The molecule has 1 aliphatic heterocycles. The standard InChI is InChI=1S/C20H24O4/c1-10(2)11-4-6-14-12(17(11)21)5-7-15-16-13(8-9-20(14,15)3)18(22)24-19(16)23/h4,6,10,15,19,21,23H,5,7-9H2,1-3H3/t15-,19?,20+/m0/s1. The van der Waals surface area contributed by atoms with Crippen molar-refractivity contribution in [3.05, 3.63) is 40.0 Å². The van der Waals surface area contributed by atoms with E-state index >= 15 is 0 Å². The Bertz CT molecular complexity index is 761. The molecule has 0 radical (unpaired) electrons. The van der Waals surface area contributed by atoms with E-state index in [0.717, 1.165) is 36.0 Å². The average molecular weight is 328 g/mol. The Labute approximate surface area is 142 Å². The van der Waals surface area contributed by atoms with Crippen LogP contribution in [-0.2, 0) is 21.4 Å². The van der Waals surface area contributed by atoms with Crippen LogP contribution in [0.3, 0.4) is 0 Å². The van der Waals surface area contributed by atoms with E-state index in [1.807, 2.05) is 6.07 Å². The summed E-state index contributed by atoms with van der Waals surface area (Å²) in [4.78, 5) is 11.9. The molecule has 0 saturated carbocycles. The number of rotatable bonds is 1. The molecule has 1 heterocycles. The lowest BCUT2D eigenvalue weighted by molar-refractivity contribution is -0.152. The highest BCUT2D eigenvalue weighted by Crippen LogP contribution is 2.56. The van der Waals surface area contributed by atoms with Crippen molar-refractivity contribution < 1.29 is 19.7 Å². The summed E-state index contributed by atoms with van der Waals surface area (Å²) in [6, 6.07) is 4.18. The summed E-state index contributed by atoms with van der Waals surface area (Å²) in [7, 11) is 0. The first kappa shape index (κ1) is 15.7. The minimum absolute atomic E-state index is 0.0968. The Morgan fingerprint density at radius 2 is 2.04 bits per heavy atom. The van der Waals surface area contributed by atoms with Crippen LogP contribution in [0.4, 0.5) is 0 Å². The van der Waals surface area contributed by atoms with Crippen LogP contribution in [0.1, 0.15) is 62.6 Å². The SMILES string of the molecule is CC(C)c1ccc2c(c1O)CC[C@H]1C3=C(CC[C@]21C)C(=O)OC3O. The lowest BCUT2D eigenvalue weighted by atomic mass is 9.56. The minimum Gasteiger partial charge on any atom is -0.507 e. The fraction of sp³-hybridized carbons (Fsp3) is 0.550. The summed E-state index contributed by atoms with van der Waals surface area (Å²) in [6.45, 7) is 6.37. The third kappa shape index (κ3) is 1.92. The Morgan fingerprint density at radius 3 is 2.75 bits per heavy atom. The van der Waals surface area contributed by atoms with Gasteiger partial charge < -0.3 is 14.9 Å². The van der Waals surface area contributed by atoms with Crippen molar-refractivity contribution in [2.24, 2.45) is 5.92 Å². The van der Waals surface area contributed by atoms with Crippen molar-refractivity contribution in [2.75, 3.05) is 0 Å². The van der Waals surface area contributed by atoms with E-state index < -0.39 is 6.29 Å². The second-order valence-electron chi connectivity index (χ2n) is 7.88. The number of phenolic OH excluding ortho intramolecular Hbond substituents is 1. The van der Waals surface area contributed by atoms with E-state index in [2.05, 4.69) is 26.8 Å². The van der Waals surface area contributed by atoms with Gasteiger partial charge >= 0.3 is 5.97 Å². The number of aliphatic hydroxyl groups is 1. The highest BCUT2D eigenvalue weighted by atomic mass is 16.6. The molecule has 0 fully saturated rings. The van der Waals surface area contributed by atoms with Gasteiger partial charge in [-0.2, -0.15) is 0 Å². The van der Waals surface area contributed by atoms with Gasteiger partial charge in [-0.25, -0.2) is 4.79 Å². The van der Waals surface area contributed by atoms with Crippen LogP contribution in [0.2, 0.25) is 0 Å². The molecular weight excluding hydrogens is 304 g/mol. The molecule has 2 aliphatic carbocycles. The third-order valence-electron chi connectivity index (χ3n) is 6.35. The van der Waals surface area contributed by atoms with Gasteiger partial charge in [-0.05, 0) is 54.2 Å². The van der Waals surface area contributed by atoms with Crippen molar-refractivity contribution in [3.63, 3.8) is 0 Å². The Balaban J connectivity index is 1.85. The summed E-state index contributed by atoms with van der Waals surface area (Å²) >= 11 is 0. The molecule has 0 aromatic heterocycles. The number of ether oxygens (including phenoxy) is 1. The van der Waals surface area contributed by atoms with E-state index in [-0.39, 0.29) is 23.2 Å². The molecule has 2 N–H and O–H groups in total. The number of hydrogen-bond acceptors (Lipinski definition) is 4. The predicted molar refractivity (Wildman–Crippen MR) is 89.7 cm³/mol. The Morgan fingerprint density at radius 1 is 1.29 bits per heavy atom. The molecular formula is C20H24O4. The number of fused-ring (bicyclic) bond motifs is 4. The number of phenols is 1. The zero-order valence-electron chi connectivity index (χ0n) is 14.4. The van der Waals surface area contributed by atoms with Crippen molar-refractivity contribution >= 4 is 5.97 Å². The van der Waals surface area contributed by atoms with Crippen LogP contribution in [0.5, 0.6) is 5.75 Å². The summed E-state index contributed by atoms with van der Waals surface area (Å²) in [6.07, 6.45) is 1.96. The first-order valence-electron chi connectivity index (χ1n) is 8.81. The topological polar surface area (TPSA) is 66.8 Å². The fourth-order valence-electron chi connectivity index (χ4n) is 5.03. The van der Waals surface area contributed by atoms with Gasteiger partial charge in [0.05, 0.1) is 0 Å². The first-order valence-corrected chi connectivity index (χ1v) is 8.81. The number of aliphatic hydroxyl groups excluding tert-OH is 1. The summed E-state index contributed by atoms with van der Waals surface area (Å²) < 4.78 is 5.06. The minimum atomic E-state index is -1.10. The third-order valence-corrected chi connectivity index (χ3v) is 6.35. The molecule has 0 saturated heterocycles. The zero-order valence-corrected chi connectivity index (χ0v) is 14.4. The number of cyclic esters (lactones) is 1. The highest BCUT2D eigenvalue weighted by Gasteiger charge is 2.51. The molecule has 4 heteroatoms. The molecule has 24 heavy (non-hydrogen) atoms. The smallest absolute Gasteiger partial charge is 0.336 e. The number of carbonyl (C=O) groups excluding carboxylic acids is 1. The predicted octanol–water partition coefficient (Wildman–Crippen LogP) is 3.30. The van der Waals surface area contributed by atoms with Gasteiger partial charge in [-0.1, -0.05) is 32.9 Å². The van der Waals surface area contributed by atoms with E-state index in [1.54, 1.807) is 0 Å². The van der Waals surface area contributed by atoms with Gasteiger partial charge in [0.15, 0.2) is 0 Å². The molecule has 1 aromatic rings. The quantitative estimate of drug-likeness (QED) is 0.776. The fourth-order valence-corrected chi connectivity index (χ4v) is 5.03. The van der Waals surface area contributed by atoms with Gasteiger partial charge in [0.2, 0.25) is 6.29 Å². The maximum atomic E-state index is 11.9. The van der Waals surface area contributed by atoms with Crippen molar-refractivity contribution in [1.82, 2.24) is 0 Å². The van der Waals surface area contributed by atoms with Crippen LogP contribution in [-0.4, -0.2) is 22.5 Å². The summed E-state index contributed by atoms with van der Waals surface area (Å²) in [5, 5.41) is 21.0. The van der Waals surface area contributed by atoms with E-state index in [9.17, 15) is 15.0 Å². The van der Waals surface area contributed by atoms with E-state index in [1.165, 1.54) is 5.56 Å². The number of carbonyl (C=O) groups is 1. The van der Waals surface area contributed by atoms with Crippen LogP contribution in [0.25, 0.3) is 0 Å².